The summed E-state index contributed by atoms with van der Waals surface area (Å²) in [6.45, 7) is 1.63. The van der Waals surface area contributed by atoms with Crippen LogP contribution in [0.25, 0.3) is 0 Å². The number of carboxylic acids is 1. The average Bonchev–Trinajstić information content (AvgIpc) is 2.45. The first-order valence-corrected chi connectivity index (χ1v) is 7.04. The van der Waals surface area contributed by atoms with Gasteiger partial charge < -0.3 is 10.2 Å². The predicted octanol–water partition coefficient (Wildman–Crippen LogP) is 3.72. The van der Waals surface area contributed by atoms with E-state index < -0.39 is 18.0 Å². The smallest absolute Gasteiger partial charge is 0.310 e. The van der Waals surface area contributed by atoms with Gasteiger partial charge in [0.25, 0.3) is 0 Å². The predicted molar refractivity (Wildman–Crippen MR) is 80.7 cm³/mol. The van der Waals surface area contributed by atoms with Crippen molar-refractivity contribution in [3.63, 3.8) is 0 Å². The van der Waals surface area contributed by atoms with Crippen LogP contribution in [0.4, 0.5) is 0 Å². The highest BCUT2D eigenvalue weighted by Gasteiger charge is 2.16. The normalized spacial score (nSPS) is 13.8. The lowest BCUT2D eigenvalue weighted by Crippen LogP contribution is -2.08. The molecule has 0 fully saturated rings. The summed E-state index contributed by atoms with van der Waals surface area (Å²) in [6.07, 6.45) is -0.770. The van der Waals surface area contributed by atoms with Gasteiger partial charge in [-0.15, -0.1) is 0 Å². The van der Waals surface area contributed by atoms with Crippen LogP contribution >= 0.6 is 15.9 Å². The lowest BCUT2D eigenvalue weighted by molar-refractivity contribution is -0.138. The van der Waals surface area contributed by atoms with Gasteiger partial charge in [-0.3, -0.25) is 4.79 Å². The third kappa shape index (κ3) is 3.26. The molecule has 2 N–H and O–H groups in total. The number of benzene rings is 2. The van der Waals surface area contributed by atoms with Gasteiger partial charge in [-0.25, -0.2) is 0 Å². The van der Waals surface area contributed by atoms with Gasteiger partial charge in [-0.1, -0.05) is 52.3 Å². The van der Waals surface area contributed by atoms with Crippen molar-refractivity contribution in [3.8, 4) is 0 Å². The Bertz CT molecular complexity index is 625. The number of aliphatic carboxylic acids is 1. The Kier molecular flexibility index (Phi) is 4.57. The highest BCUT2D eigenvalue weighted by molar-refractivity contribution is 9.10. The van der Waals surface area contributed by atoms with E-state index in [2.05, 4.69) is 15.9 Å². The molecule has 3 nitrogen and oxygen atoms in total. The summed E-state index contributed by atoms with van der Waals surface area (Å²) in [6, 6.07) is 14.5. The van der Waals surface area contributed by atoms with E-state index >= 15 is 0 Å². The summed E-state index contributed by atoms with van der Waals surface area (Å²) in [5.74, 6) is -1.47. The van der Waals surface area contributed by atoms with E-state index in [9.17, 15) is 9.90 Å². The molecule has 0 spiro atoms. The van der Waals surface area contributed by atoms with E-state index in [0.717, 1.165) is 10.0 Å². The van der Waals surface area contributed by atoms with Gasteiger partial charge in [0.2, 0.25) is 0 Å². The number of carboxylic acid groups (broad SMARTS) is 1. The van der Waals surface area contributed by atoms with Gasteiger partial charge in [0, 0.05) is 4.47 Å². The lowest BCUT2D eigenvalue weighted by atomic mass is 9.95. The summed E-state index contributed by atoms with van der Waals surface area (Å²) in [5, 5.41) is 19.4. The van der Waals surface area contributed by atoms with Crippen LogP contribution in [0.15, 0.2) is 53.0 Å². The van der Waals surface area contributed by atoms with Crippen molar-refractivity contribution in [1.82, 2.24) is 0 Å². The largest absolute Gasteiger partial charge is 0.481 e. The molecule has 0 aliphatic carbocycles. The first-order chi connectivity index (χ1) is 9.49. The summed E-state index contributed by atoms with van der Waals surface area (Å²) in [7, 11) is 0. The number of aliphatic hydroxyl groups excluding tert-OH is 1. The van der Waals surface area contributed by atoms with Gasteiger partial charge in [0.1, 0.15) is 6.10 Å². The van der Waals surface area contributed by atoms with E-state index in [-0.39, 0.29) is 0 Å². The molecule has 2 aromatic carbocycles. The number of carbonyl (C=O) groups is 1. The van der Waals surface area contributed by atoms with Gasteiger partial charge in [0.05, 0.1) is 5.92 Å². The maximum atomic E-state index is 11.0. The molecular formula is C16H15BrO3. The molecule has 2 atom stereocenters. The number of hydrogen-bond acceptors (Lipinski definition) is 2. The lowest BCUT2D eigenvalue weighted by Gasteiger charge is -2.14. The second kappa shape index (κ2) is 6.20. The number of rotatable bonds is 4. The second-order valence-electron chi connectivity index (χ2n) is 4.69. The monoisotopic (exact) mass is 334 g/mol. The molecule has 2 rings (SSSR count). The molecule has 0 saturated carbocycles. The molecule has 0 aliphatic heterocycles. The quantitative estimate of drug-likeness (QED) is 0.895. The van der Waals surface area contributed by atoms with Crippen molar-refractivity contribution >= 4 is 21.9 Å². The minimum atomic E-state index is -0.876. The van der Waals surface area contributed by atoms with Gasteiger partial charge >= 0.3 is 5.97 Å². The Hall–Kier alpha value is -1.65. The van der Waals surface area contributed by atoms with Crippen molar-refractivity contribution < 1.29 is 15.0 Å². The third-order valence-electron chi connectivity index (χ3n) is 3.26. The van der Waals surface area contributed by atoms with Crippen LogP contribution in [0.3, 0.4) is 0 Å². The number of hydrogen-bond donors (Lipinski definition) is 2. The summed E-state index contributed by atoms with van der Waals surface area (Å²) < 4.78 is 0.893. The molecule has 0 saturated heterocycles. The fraction of sp³-hybridized carbons (Fsp3) is 0.188. The van der Waals surface area contributed by atoms with Crippen molar-refractivity contribution in [2.45, 2.75) is 18.9 Å². The first kappa shape index (κ1) is 14.8. The van der Waals surface area contributed by atoms with Gasteiger partial charge in [-0.2, -0.15) is 0 Å². The molecule has 0 aromatic heterocycles. The Balaban J connectivity index is 2.33. The summed E-state index contributed by atoms with van der Waals surface area (Å²) >= 11 is 3.37. The zero-order valence-electron chi connectivity index (χ0n) is 11.0. The molecule has 20 heavy (non-hydrogen) atoms. The molecule has 2 aromatic rings. The maximum absolute atomic E-state index is 11.0. The van der Waals surface area contributed by atoms with E-state index in [1.807, 2.05) is 24.3 Å². The van der Waals surface area contributed by atoms with Crippen molar-refractivity contribution in [2.75, 3.05) is 0 Å². The van der Waals surface area contributed by atoms with Crippen LogP contribution in [0, 0.1) is 0 Å². The Morgan fingerprint density at radius 1 is 1.05 bits per heavy atom. The van der Waals surface area contributed by atoms with E-state index in [1.165, 1.54) is 0 Å². The highest BCUT2D eigenvalue weighted by Crippen LogP contribution is 2.26. The Morgan fingerprint density at radius 3 is 2.20 bits per heavy atom. The molecule has 104 valence electrons. The third-order valence-corrected chi connectivity index (χ3v) is 3.75. The standard InChI is InChI=1S/C16H15BrO3/c1-10(16(19)20)11-4-2-5-12(8-11)15(18)13-6-3-7-14(17)9-13/h2-10,15,18H,1H3,(H,19,20). The fourth-order valence-electron chi connectivity index (χ4n) is 2.01. The fourth-order valence-corrected chi connectivity index (χ4v) is 2.43. The number of halogens is 1. The number of aliphatic hydroxyl groups is 1. The van der Waals surface area contributed by atoms with Crippen LogP contribution in [0.1, 0.15) is 35.6 Å². The minimum absolute atomic E-state index is 0.593. The molecule has 0 amide bonds. The average molecular weight is 335 g/mol. The zero-order valence-corrected chi connectivity index (χ0v) is 12.5. The van der Waals surface area contributed by atoms with E-state index in [1.54, 1.807) is 31.2 Å². The SMILES string of the molecule is CC(C(=O)O)c1cccc(C(O)c2cccc(Br)c2)c1. The zero-order chi connectivity index (χ0) is 14.7. The molecule has 0 heterocycles. The molecular weight excluding hydrogens is 320 g/mol. The summed E-state index contributed by atoms with van der Waals surface area (Å²) in [4.78, 5) is 11.0. The molecule has 4 heteroatoms. The Labute approximate surface area is 126 Å². The molecule has 2 unspecified atom stereocenters. The highest BCUT2D eigenvalue weighted by atomic mass is 79.9. The second-order valence-corrected chi connectivity index (χ2v) is 5.60. The molecule has 0 bridgehead atoms. The Morgan fingerprint density at radius 2 is 1.60 bits per heavy atom. The topological polar surface area (TPSA) is 57.5 Å². The molecule has 0 radical (unpaired) electrons. The maximum Gasteiger partial charge on any atom is 0.310 e. The molecule has 0 aliphatic rings. The minimum Gasteiger partial charge on any atom is -0.481 e. The van der Waals surface area contributed by atoms with Crippen LogP contribution in [-0.2, 0) is 4.79 Å². The first-order valence-electron chi connectivity index (χ1n) is 6.25. The van der Waals surface area contributed by atoms with Crippen molar-refractivity contribution in [3.05, 3.63) is 69.7 Å². The van der Waals surface area contributed by atoms with Gasteiger partial charge in [-0.05, 0) is 35.7 Å². The van der Waals surface area contributed by atoms with E-state index in [4.69, 9.17) is 5.11 Å². The van der Waals surface area contributed by atoms with E-state index in [0.29, 0.717) is 11.1 Å². The van der Waals surface area contributed by atoms with Crippen molar-refractivity contribution in [1.29, 1.82) is 0 Å². The summed E-state index contributed by atoms with van der Waals surface area (Å²) in [5.41, 5.74) is 2.14. The van der Waals surface area contributed by atoms with Crippen LogP contribution in [0.2, 0.25) is 0 Å². The van der Waals surface area contributed by atoms with Crippen LogP contribution in [0.5, 0.6) is 0 Å². The van der Waals surface area contributed by atoms with Crippen LogP contribution < -0.4 is 0 Å². The van der Waals surface area contributed by atoms with Gasteiger partial charge in [0.15, 0.2) is 0 Å². The van der Waals surface area contributed by atoms with Crippen LogP contribution in [-0.4, -0.2) is 16.2 Å². The van der Waals surface area contributed by atoms with Crippen molar-refractivity contribution in [2.24, 2.45) is 0 Å².